The second-order valence-corrected chi connectivity index (χ2v) is 19.5. The molecule has 0 saturated carbocycles. The minimum Gasteiger partial charge on any atom is -0.811 e. The van der Waals surface area contributed by atoms with E-state index in [1.165, 1.54) is 29.3 Å². The van der Waals surface area contributed by atoms with Crippen LogP contribution in [0.3, 0.4) is 0 Å². The van der Waals surface area contributed by atoms with E-state index in [4.69, 9.17) is 11.3 Å². The van der Waals surface area contributed by atoms with Gasteiger partial charge >= 0.3 is 0 Å². The molecule has 4 nitrogen and oxygen atoms in total. The van der Waals surface area contributed by atoms with Crippen molar-refractivity contribution < 1.29 is 35.9 Å². The molecular weight excluding hydrogens is 771 g/mol. The Hall–Kier alpha value is -3.70. The monoisotopic (exact) mass is 824 g/mol. The van der Waals surface area contributed by atoms with Gasteiger partial charge in [0.25, 0.3) is 0 Å². The Morgan fingerprint density at radius 2 is 1.87 bits per heavy atom. The number of hydrogen-bond donors (Lipinski definition) is 0. The summed E-state index contributed by atoms with van der Waals surface area (Å²) in [5, 5.41) is 10.8. The van der Waals surface area contributed by atoms with Crippen molar-refractivity contribution in [3.05, 3.63) is 132 Å². The van der Waals surface area contributed by atoms with E-state index in [1.54, 1.807) is 39.0 Å². The first-order chi connectivity index (χ1) is 23.5. The molecule has 3 aromatic heterocycles. The number of aromatic nitrogens is 2. The normalized spacial score (nSPS) is 14.6. The van der Waals surface area contributed by atoms with Crippen molar-refractivity contribution >= 4 is 41.9 Å². The zero-order valence-electron chi connectivity index (χ0n) is 33.7. The fourth-order valence-electron chi connectivity index (χ4n) is 5.39. The molecule has 5 aromatic rings. The number of rotatable bonds is 7. The predicted octanol–water partition coefficient (Wildman–Crippen LogP) is 10.7. The summed E-state index contributed by atoms with van der Waals surface area (Å²) in [6, 6.07) is 21.8. The van der Waals surface area contributed by atoms with E-state index in [9.17, 15) is 5.41 Å². The number of aryl methyl sites for hydroxylation is 2. The van der Waals surface area contributed by atoms with Gasteiger partial charge in [0, 0.05) is 53.2 Å². The number of hydrogen-bond acceptors (Lipinski definition) is 2. The van der Waals surface area contributed by atoms with Crippen LogP contribution in [0.4, 0.5) is 0 Å². The van der Waals surface area contributed by atoms with Crippen LogP contribution in [0.1, 0.15) is 68.9 Å². The maximum absolute atomic E-state index is 9.33. The first-order valence-corrected chi connectivity index (χ1v) is 19.1. The van der Waals surface area contributed by atoms with Gasteiger partial charge in [-0.3, -0.25) is 0 Å². The van der Waals surface area contributed by atoms with Crippen LogP contribution in [0, 0.1) is 39.2 Å². The van der Waals surface area contributed by atoms with Crippen LogP contribution >= 0.6 is 0 Å². The van der Waals surface area contributed by atoms with Gasteiger partial charge in [-0.2, -0.15) is 24.8 Å². The summed E-state index contributed by atoms with van der Waals surface area (Å²) in [7, 11) is 3.07. The van der Waals surface area contributed by atoms with Gasteiger partial charge in [-0.1, -0.05) is 95.6 Å². The Morgan fingerprint density at radius 3 is 2.49 bits per heavy atom. The fourth-order valence-corrected chi connectivity index (χ4v) is 6.82. The first kappa shape index (κ1) is 30.6. The van der Waals surface area contributed by atoms with E-state index >= 15 is 0 Å². The third-order valence-electron chi connectivity index (χ3n) is 7.20. The third kappa shape index (κ3) is 10.1. The molecule has 0 amide bonds. The molecule has 1 radical (unpaired) electrons. The van der Waals surface area contributed by atoms with Crippen molar-refractivity contribution in [2.45, 2.75) is 73.5 Å². The van der Waals surface area contributed by atoms with Crippen LogP contribution in [-0.2, 0) is 26.1 Å². The van der Waals surface area contributed by atoms with Gasteiger partial charge < -0.3 is 14.4 Å². The van der Waals surface area contributed by atoms with E-state index < -0.39 is 26.7 Å². The van der Waals surface area contributed by atoms with Gasteiger partial charge in [0.15, 0.2) is 0 Å². The summed E-state index contributed by atoms with van der Waals surface area (Å²) < 4.78 is 47.7. The molecule has 0 unspecified atom stereocenters. The minimum atomic E-state index is -2.34. The maximum atomic E-state index is 9.33. The average molecular weight is 824 g/mol. The Balaban J connectivity index is 0.000000301. The summed E-state index contributed by atoms with van der Waals surface area (Å²) >= 11 is 0. The van der Waals surface area contributed by atoms with Crippen LogP contribution in [0.25, 0.3) is 44.3 Å². The van der Waals surface area contributed by atoms with Crippen molar-refractivity contribution in [3.8, 4) is 11.3 Å². The molecule has 0 aliphatic heterocycles. The fraction of sp³-hybridized carbons (Fsp3) is 0.293. The Morgan fingerprint density at radius 1 is 1.13 bits per heavy atom. The molecule has 2 aromatic carbocycles. The van der Waals surface area contributed by atoms with Crippen molar-refractivity contribution in [2.24, 2.45) is 5.41 Å². The van der Waals surface area contributed by atoms with Crippen molar-refractivity contribution in [3.63, 3.8) is 0 Å². The zero-order chi connectivity index (χ0) is 38.1. The number of pyridine rings is 2. The van der Waals surface area contributed by atoms with Gasteiger partial charge in [-0.25, -0.2) is 4.98 Å². The molecule has 5 rings (SSSR count). The Labute approximate surface area is 303 Å². The molecule has 0 bridgehead atoms. The number of allylic oxidation sites excluding steroid dienone is 4. The summed E-state index contributed by atoms with van der Waals surface area (Å²) in [6.45, 7) is 18.3. The molecule has 47 heavy (non-hydrogen) atoms. The maximum Gasteiger partial charge on any atom is 0.216 e. The predicted molar refractivity (Wildman–Crippen MR) is 199 cm³/mol. The van der Waals surface area contributed by atoms with Crippen molar-refractivity contribution in [1.29, 1.82) is 0 Å². The molecule has 0 saturated heterocycles. The Kier molecular flexibility index (Phi) is 10.1. The van der Waals surface area contributed by atoms with Crippen LogP contribution in [-0.4, -0.2) is 19.3 Å². The minimum absolute atomic E-state index is 0. The Bertz CT molecular complexity index is 2140. The second-order valence-electron chi connectivity index (χ2n) is 14.0. The van der Waals surface area contributed by atoms with Crippen molar-refractivity contribution in [2.75, 3.05) is 0 Å². The zero-order valence-corrected chi connectivity index (χ0v) is 32.1. The molecule has 0 spiro atoms. The molecule has 0 atom stereocenters. The van der Waals surface area contributed by atoms with Crippen LogP contribution in [0.5, 0.6) is 0 Å². The molecule has 0 aliphatic rings. The van der Waals surface area contributed by atoms with Gasteiger partial charge in [-0.15, -0.1) is 46.5 Å². The molecule has 249 valence electrons. The van der Waals surface area contributed by atoms with E-state index in [1.807, 2.05) is 17.6 Å². The standard InChI is InChI=1S/C23H24N2O.C18H24NSi.Ir/c1-15(13-17(11-12-24)14-23(3,4)5)18-7-6-8-19-20-10-9-16(2)25-22(20)26-21(18)19;1-14-7-9-17(15(2)11-14)18-10-8-16(12-19(18)3)13-20(4,5)6;/h6,8-13H,14H2,1-5H3;7-12H,2-3,13H2,1,4-6H3;/q-2;-1;/b15-13+,17-11+;;/i2D3,14D2;;. The molecular formula is C41H48IrN3OSi-3. The summed E-state index contributed by atoms with van der Waals surface area (Å²) in [4.78, 5) is 4.17. The number of benzene rings is 2. The summed E-state index contributed by atoms with van der Waals surface area (Å²) in [5.41, 5.74) is 7.52. The molecule has 6 heteroatoms. The van der Waals surface area contributed by atoms with Crippen LogP contribution in [0.2, 0.25) is 19.6 Å². The summed E-state index contributed by atoms with van der Waals surface area (Å²) in [6.07, 6.45) is 4.28. The summed E-state index contributed by atoms with van der Waals surface area (Å²) in [5.74, 6) is 0. The van der Waals surface area contributed by atoms with E-state index in [0.29, 0.717) is 27.7 Å². The molecule has 3 heterocycles. The van der Waals surface area contributed by atoms with Gasteiger partial charge in [0.1, 0.15) is 0 Å². The third-order valence-corrected chi connectivity index (χ3v) is 8.66. The van der Waals surface area contributed by atoms with E-state index in [-0.39, 0.29) is 31.5 Å². The average Bonchev–Trinajstić information content (AvgIpc) is 3.38. The van der Waals surface area contributed by atoms with Crippen LogP contribution in [0.15, 0.2) is 82.9 Å². The van der Waals surface area contributed by atoms with E-state index in [0.717, 1.165) is 28.4 Å². The SMILES string of the molecule is [2H]C([2H])([2H])c1ccc2c(n1)oc1c(/C(C)=C/C(=C\C=[N-])C([2H])([2H])C(C)(C)C)[c-]ccc12.[CH2-]c1cc(C)ccc1-c1ccc(C[Si](C)(C)C)c[n+]1[CH2-].[Ir]. The first-order valence-electron chi connectivity index (χ1n) is 17.9. The number of furan rings is 1. The largest absolute Gasteiger partial charge is 0.811 e. The smallest absolute Gasteiger partial charge is 0.216 e. The van der Waals surface area contributed by atoms with Crippen molar-refractivity contribution in [1.82, 2.24) is 4.98 Å². The second kappa shape index (κ2) is 15.5. The number of fused-ring (bicyclic) bond motifs is 3. The van der Waals surface area contributed by atoms with Gasteiger partial charge in [0.2, 0.25) is 5.71 Å². The quantitative estimate of drug-likeness (QED) is 0.0540. The van der Waals surface area contributed by atoms with E-state index in [2.05, 4.69) is 88.1 Å². The van der Waals surface area contributed by atoms with Crippen LogP contribution < -0.4 is 4.57 Å². The number of nitrogens with zero attached hydrogens (tertiary/aromatic N) is 3. The topological polar surface area (TPSA) is 52.2 Å². The van der Waals surface area contributed by atoms with Gasteiger partial charge in [0.05, 0.1) is 17.5 Å². The molecule has 0 fully saturated rings. The molecule has 0 N–H and O–H groups in total. The van der Waals surface area contributed by atoms with Gasteiger partial charge in [-0.05, 0) is 42.4 Å². The molecule has 0 aliphatic carbocycles.